The summed E-state index contributed by atoms with van der Waals surface area (Å²) in [7, 11) is 1.62. The van der Waals surface area contributed by atoms with Gasteiger partial charge in [0.2, 0.25) is 12.2 Å². The van der Waals surface area contributed by atoms with Crippen LogP contribution in [0.25, 0.3) is 11.5 Å². The fourth-order valence-corrected chi connectivity index (χ4v) is 5.83. The first-order chi connectivity index (χ1) is 16.9. The Morgan fingerprint density at radius 2 is 1.46 bits per heavy atom. The van der Waals surface area contributed by atoms with Crippen LogP contribution in [0.2, 0.25) is 0 Å². The lowest BCUT2D eigenvalue weighted by Crippen LogP contribution is -2.45. The second-order valence-corrected chi connectivity index (χ2v) is 11.4. The van der Waals surface area contributed by atoms with Crippen LogP contribution in [0.15, 0.2) is 89.3 Å². The molecule has 0 saturated carbocycles. The maximum absolute atomic E-state index is 6.65. The van der Waals surface area contributed by atoms with Gasteiger partial charge in [0.25, 0.3) is 9.04 Å². The van der Waals surface area contributed by atoms with E-state index in [1.807, 2.05) is 36.4 Å². The minimum Gasteiger partial charge on any atom is -0.438 e. The topological polar surface area (TPSA) is 53.7 Å². The Morgan fingerprint density at radius 3 is 2.09 bits per heavy atom. The Labute approximate surface area is 209 Å². The Kier molecular flexibility index (Phi) is 7.98. The molecule has 35 heavy (non-hydrogen) atoms. The average molecular weight is 487 g/mol. The number of oxazole rings is 1. The monoisotopic (exact) mass is 486 g/mol. The molecule has 4 aromatic rings. The molecule has 0 aliphatic heterocycles. The fourth-order valence-electron chi connectivity index (χ4n) is 3.86. The van der Waals surface area contributed by atoms with Gasteiger partial charge < -0.3 is 18.3 Å². The number of methoxy groups -OCH3 is 2. The molecule has 0 aliphatic rings. The van der Waals surface area contributed by atoms with Crippen LogP contribution in [0.4, 0.5) is 0 Å². The zero-order valence-electron chi connectivity index (χ0n) is 20.9. The second kappa shape index (κ2) is 11.1. The predicted molar refractivity (Wildman–Crippen MR) is 140 cm³/mol. The molecular formula is C29H32NO4Si. The molecule has 0 N–H and O–H groups in total. The zero-order valence-corrected chi connectivity index (χ0v) is 21.9. The van der Waals surface area contributed by atoms with Crippen LogP contribution in [0.3, 0.4) is 0 Å². The smallest absolute Gasteiger partial charge is 0.283 e. The standard InChI is InChI=1S/C29H32NO4Si/c1-29(2,3)22-15-12-18-24(19-22)35(23-16-10-7-11-17-23)33-20-25-26(28(31-4)32-5)30-27(34-25)21-13-8-6-9-14-21/h6-19,28H,20H2,1-5H3. The summed E-state index contributed by atoms with van der Waals surface area (Å²) in [5.74, 6) is 1.12. The van der Waals surface area contributed by atoms with E-state index in [2.05, 4.69) is 69.3 Å². The maximum atomic E-state index is 6.65. The van der Waals surface area contributed by atoms with Crippen molar-refractivity contribution in [2.45, 2.75) is 39.1 Å². The van der Waals surface area contributed by atoms with Gasteiger partial charge in [0.05, 0.1) is 6.61 Å². The van der Waals surface area contributed by atoms with Crippen LogP contribution in [0.5, 0.6) is 0 Å². The molecule has 181 valence electrons. The van der Waals surface area contributed by atoms with Gasteiger partial charge >= 0.3 is 0 Å². The molecule has 1 aromatic heterocycles. The SMILES string of the molecule is COC(OC)c1nc(-c2ccccc2)oc1CO[Si](c1ccccc1)c1cccc(C(C)(C)C)c1. The molecule has 0 bridgehead atoms. The van der Waals surface area contributed by atoms with Gasteiger partial charge in [0.15, 0.2) is 5.76 Å². The Morgan fingerprint density at radius 1 is 0.829 bits per heavy atom. The minimum absolute atomic E-state index is 0.0481. The van der Waals surface area contributed by atoms with E-state index in [4.69, 9.17) is 23.3 Å². The molecule has 1 heterocycles. The lowest BCUT2D eigenvalue weighted by atomic mass is 9.87. The third-order valence-corrected chi connectivity index (χ3v) is 7.90. The predicted octanol–water partition coefficient (Wildman–Crippen LogP) is 5.25. The van der Waals surface area contributed by atoms with Crippen LogP contribution < -0.4 is 10.4 Å². The van der Waals surface area contributed by atoms with Crippen LogP contribution >= 0.6 is 0 Å². The molecular weight excluding hydrogens is 454 g/mol. The lowest BCUT2D eigenvalue weighted by Gasteiger charge is -2.22. The molecule has 0 fully saturated rings. The van der Waals surface area contributed by atoms with Crippen molar-refractivity contribution in [1.29, 1.82) is 0 Å². The van der Waals surface area contributed by atoms with E-state index < -0.39 is 15.3 Å². The highest BCUT2D eigenvalue weighted by Crippen LogP contribution is 2.28. The summed E-state index contributed by atoms with van der Waals surface area (Å²) in [6.45, 7) is 6.93. The molecule has 0 atom stereocenters. The van der Waals surface area contributed by atoms with Gasteiger partial charge in [-0.15, -0.1) is 0 Å². The third kappa shape index (κ3) is 5.97. The molecule has 1 radical (unpaired) electrons. The number of ether oxygens (including phenoxy) is 2. The first-order valence-corrected chi connectivity index (χ1v) is 13.1. The molecule has 6 heteroatoms. The summed E-state index contributed by atoms with van der Waals surface area (Å²) in [4.78, 5) is 4.71. The molecule has 0 saturated heterocycles. The van der Waals surface area contributed by atoms with Gasteiger partial charge in [-0.25, -0.2) is 4.98 Å². The van der Waals surface area contributed by atoms with Gasteiger partial charge in [-0.05, 0) is 33.5 Å². The van der Waals surface area contributed by atoms with E-state index in [1.165, 1.54) is 15.9 Å². The first kappa shape index (κ1) is 25.1. The van der Waals surface area contributed by atoms with Gasteiger partial charge in [-0.1, -0.05) is 93.6 Å². The summed E-state index contributed by atoms with van der Waals surface area (Å²) in [5.41, 5.74) is 2.80. The van der Waals surface area contributed by atoms with Crippen LogP contribution in [0.1, 0.15) is 44.1 Å². The van der Waals surface area contributed by atoms with Crippen molar-refractivity contribution in [2.24, 2.45) is 0 Å². The van der Waals surface area contributed by atoms with E-state index in [-0.39, 0.29) is 12.0 Å². The van der Waals surface area contributed by atoms with Crippen LogP contribution in [0, 0.1) is 0 Å². The van der Waals surface area contributed by atoms with Crippen LogP contribution in [-0.2, 0) is 25.9 Å². The van der Waals surface area contributed by atoms with Gasteiger partial charge in [-0.3, -0.25) is 0 Å². The molecule has 5 nitrogen and oxygen atoms in total. The Balaban J connectivity index is 1.69. The van der Waals surface area contributed by atoms with Crippen molar-refractivity contribution in [3.63, 3.8) is 0 Å². The van der Waals surface area contributed by atoms with E-state index in [1.54, 1.807) is 14.2 Å². The minimum atomic E-state index is -1.56. The molecule has 4 rings (SSSR count). The molecule has 0 aliphatic carbocycles. The number of hydrogen-bond donors (Lipinski definition) is 0. The van der Waals surface area contributed by atoms with Crippen molar-refractivity contribution in [2.75, 3.05) is 14.2 Å². The van der Waals surface area contributed by atoms with Gasteiger partial charge in [0.1, 0.15) is 5.69 Å². The third-order valence-electron chi connectivity index (χ3n) is 5.77. The largest absolute Gasteiger partial charge is 0.438 e. The zero-order chi connectivity index (χ0) is 24.8. The van der Waals surface area contributed by atoms with Gasteiger partial charge in [0, 0.05) is 19.8 Å². The lowest BCUT2D eigenvalue weighted by molar-refractivity contribution is -0.109. The van der Waals surface area contributed by atoms with E-state index >= 15 is 0 Å². The number of hydrogen-bond acceptors (Lipinski definition) is 5. The van der Waals surface area contributed by atoms with E-state index in [0.717, 1.165) is 5.56 Å². The number of benzene rings is 3. The van der Waals surface area contributed by atoms with Crippen molar-refractivity contribution in [3.8, 4) is 11.5 Å². The highest BCUT2D eigenvalue weighted by atomic mass is 28.3. The highest BCUT2D eigenvalue weighted by molar-refractivity contribution is 6.80. The number of aromatic nitrogens is 1. The highest BCUT2D eigenvalue weighted by Gasteiger charge is 2.27. The quantitative estimate of drug-likeness (QED) is 0.239. The fraction of sp³-hybridized carbons (Fsp3) is 0.276. The molecule has 0 spiro atoms. The van der Waals surface area contributed by atoms with E-state index in [0.29, 0.717) is 17.3 Å². The Bertz CT molecular complexity index is 1210. The van der Waals surface area contributed by atoms with Crippen LogP contribution in [-0.4, -0.2) is 28.2 Å². The summed E-state index contributed by atoms with van der Waals surface area (Å²) < 4.78 is 23.9. The summed E-state index contributed by atoms with van der Waals surface area (Å²) in [6.07, 6.45) is -0.647. The van der Waals surface area contributed by atoms with Crippen molar-refractivity contribution in [1.82, 2.24) is 4.98 Å². The average Bonchev–Trinajstić information content (AvgIpc) is 3.30. The summed E-state index contributed by atoms with van der Waals surface area (Å²) in [6, 6.07) is 28.9. The van der Waals surface area contributed by atoms with Crippen molar-refractivity contribution in [3.05, 3.63) is 102 Å². The van der Waals surface area contributed by atoms with Gasteiger partial charge in [-0.2, -0.15) is 0 Å². The van der Waals surface area contributed by atoms with E-state index in [9.17, 15) is 0 Å². The van der Waals surface area contributed by atoms with Crippen molar-refractivity contribution >= 4 is 19.4 Å². The molecule has 0 amide bonds. The summed E-state index contributed by atoms with van der Waals surface area (Å²) >= 11 is 0. The molecule has 0 unspecified atom stereocenters. The maximum Gasteiger partial charge on any atom is 0.283 e. The van der Waals surface area contributed by atoms with Crippen molar-refractivity contribution < 1.29 is 18.3 Å². The normalized spacial score (nSPS) is 12.0. The Hall–Kier alpha value is -3.03. The summed E-state index contributed by atoms with van der Waals surface area (Å²) in [5, 5.41) is 2.36. The number of nitrogens with zero attached hydrogens (tertiary/aromatic N) is 1. The second-order valence-electron chi connectivity index (χ2n) is 9.31. The first-order valence-electron chi connectivity index (χ1n) is 11.7. The number of rotatable bonds is 9. The molecule has 3 aromatic carbocycles.